The molecular weight excluding hydrogens is 830 g/mol. The Hall–Kier alpha value is -2.51. The van der Waals surface area contributed by atoms with E-state index in [4.69, 9.17) is 4.74 Å². The normalized spacial score (nSPS) is 17.2. The molecule has 5 aromatic carbocycles. The van der Waals surface area contributed by atoms with E-state index in [1.54, 1.807) is 0 Å². The van der Waals surface area contributed by atoms with E-state index in [-0.39, 0.29) is 17.4 Å². The molecule has 2 atom stereocenters. The number of fused-ring (bicyclic) bond motifs is 2. The van der Waals surface area contributed by atoms with Crippen LogP contribution in [0.25, 0.3) is 0 Å². The van der Waals surface area contributed by atoms with E-state index in [9.17, 15) is 8.78 Å². The number of allylic oxidation sites excluding steroid dienone is 2. The summed E-state index contributed by atoms with van der Waals surface area (Å²) in [7, 11) is -2.56. The van der Waals surface area contributed by atoms with Crippen LogP contribution in [0.5, 0.6) is 5.75 Å². The number of hydrogen-bond acceptors (Lipinski definition) is 1. The summed E-state index contributed by atoms with van der Waals surface area (Å²) in [4.78, 5) is 0. The average Bonchev–Trinajstić information content (AvgIpc) is 3.12. The van der Waals surface area contributed by atoms with E-state index in [0.29, 0.717) is 0 Å². The summed E-state index contributed by atoms with van der Waals surface area (Å²) in [6.45, 7) is 3.83. The van der Waals surface area contributed by atoms with Gasteiger partial charge in [0.05, 0.1) is 7.92 Å². The fraction of sp³-hybridized carbons (Fsp3) is 0.125. The fourth-order valence-electron chi connectivity index (χ4n) is 6.72. The molecule has 7 rings (SSSR count). The number of ether oxygens (including phenoxy) is 1. The van der Waals surface area contributed by atoms with Crippen LogP contribution in [0.15, 0.2) is 163 Å². The van der Waals surface area contributed by atoms with Crippen molar-refractivity contribution in [3.63, 3.8) is 0 Å². The summed E-state index contributed by atoms with van der Waals surface area (Å²) >= 11 is 4.72. The summed E-state index contributed by atoms with van der Waals surface area (Å²) in [5.74, 6) is 1.34. The van der Waals surface area contributed by atoms with Crippen molar-refractivity contribution < 1.29 is 29.1 Å². The van der Waals surface area contributed by atoms with Crippen molar-refractivity contribution in [2.75, 3.05) is 0 Å². The molecule has 1 aliphatic heterocycles. The molecule has 7 heteroatoms. The molecule has 1 heterocycles. The number of halogens is 3. The molecule has 47 heavy (non-hydrogen) atoms. The second-order valence-electron chi connectivity index (χ2n) is 11.8. The van der Waals surface area contributed by atoms with Crippen LogP contribution in [0.4, 0.5) is 8.78 Å². The first-order valence-electron chi connectivity index (χ1n) is 15.3. The van der Waals surface area contributed by atoms with Crippen molar-refractivity contribution in [3.8, 4) is 5.75 Å². The van der Waals surface area contributed by atoms with Gasteiger partial charge in [-0.25, -0.2) is 0 Å². The van der Waals surface area contributed by atoms with Gasteiger partial charge in [0, 0.05) is 16.9 Å². The van der Waals surface area contributed by atoms with Crippen molar-refractivity contribution >= 4 is 61.9 Å². The molecule has 0 spiro atoms. The molecular formula is C40H37F2IOP2Pd+2. The summed E-state index contributed by atoms with van der Waals surface area (Å²) in [6, 6.07) is 51.1. The molecule has 242 valence electrons. The molecule has 0 fully saturated rings. The zero-order valence-corrected chi connectivity index (χ0v) is 31.8. The molecule has 0 N–H and O–H groups in total. The van der Waals surface area contributed by atoms with Gasteiger partial charge in [-0.3, -0.25) is 0 Å². The zero-order valence-electron chi connectivity index (χ0n) is 26.1. The van der Waals surface area contributed by atoms with Gasteiger partial charge in [-0.15, -0.1) is 0 Å². The molecule has 2 aliphatic rings. The monoisotopic (exact) mass is 866 g/mol. The number of para-hydroxylation sites is 1. The van der Waals surface area contributed by atoms with Gasteiger partial charge < -0.3 is 13.5 Å². The van der Waals surface area contributed by atoms with E-state index < -0.39 is 22.8 Å². The van der Waals surface area contributed by atoms with Crippen LogP contribution in [0, 0.1) is 12.8 Å². The Morgan fingerprint density at radius 1 is 0.638 bits per heavy atom. The van der Waals surface area contributed by atoms with Crippen LogP contribution in [-0.2, 0) is 21.0 Å². The number of hydrogen-bond donors (Lipinski definition) is 0. The quantitative estimate of drug-likeness (QED) is 0.0717. The summed E-state index contributed by atoms with van der Waals surface area (Å²) in [6.07, 6.45) is 7.01. The number of rotatable bonds is 6. The minimum atomic E-state index is -1.30. The van der Waals surface area contributed by atoms with Gasteiger partial charge in [-0.1, -0.05) is 111 Å². The van der Waals surface area contributed by atoms with Crippen LogP contribution >= 0.6 is 35.4 Å². The van der Waals surface area contributed by atoms with Gasteiger partial charge >= 0.3 is 35.1 Å². The average molecular weight is 867 g/mol. The van der Waals surface area contributed by atoms with Gasteiger partial charge in [0.15, 0.2) is 11.9 Å². The molecule has 0 aromatic heterocycles. The molecule has 0 bridgehead atoms. The van der Waals surface area contributed by atoms with Crippen LogP contribution in [0.3, 0.4) is 0 Å². The Morgan fingerprint density at radius 3 is 1.51 bits per heavy atom. The summed E-state index contributed by atoms with van der Waals surface area (Å²) in [5, 5.41) is 8.31. The van der Waals surface area contributed by atoms with Crippen LogP contribution in [-0.4, -0.2) is 6.10 Å². The molecule has 0 saturated carbocycles. The zero-order chi connectivity index (χ0) is 33.2. The van der Waals surface area contributed by atoms with E-state index in [0.717, 1.165) is 5.75 Å². The van der Waals surface area contributed by atoms with E-state index in [1.165, 1.54) is 37.4 Å². The van der Waals surface area contributed by atoms with Crippen molar-refractivity contribution in [2.24, 2.45) is 5.92 Å². The second-order valence-corrected chi connectivity index (χ2v) is 16.7. The van der Waals surface area contributed by atoms with Gasteiger partial charge in [0.25, 0.3) is 0 Å². The van der Waals surface area contributed by atoms with E-state index in [1.807, 2.05) is 19.5 Å². The predicted molar refractivity (Wildman–Crippen MR) is 206 cm³/mol. The topological polar surface area (TPSA) is 9.23 Å². The maximum absolute atomic E-state index is 9.50. The molecule has 1 nitrogen and oxygen atoms in total. The Balaban J connectivity index is 0.000000822. The van der Waals surface area contributed by atoms with E-state index >= 15 is 0 Å². The third kappa shape index (κ3) is 7.88. The van der Waals surface area contributed by atoms with Gasteiger partial charge in [-0.2, -0.15) is 0 Å². The van der Waals surface area contributed by atoms with E-state index in [2.05, 4.69) is 187 Å². The van der Waals surface area contributed by atoms with Crippen molar-refractivity contribution in [3.05, 3.63) is 176 Å². The molecule has 0 saturated heterocycles. The van der Waals surface area contributed by atoms with Crippen LogP contribution < -0.4 is 31.3 Å². The standard InChI is InChI=1S/C39H34OP2.CHF2.HI.Pd/c1-39(2)33-25-15-27-35(41(29-17-7-3-8-18-29)30-19-9-4-10-20-30)37(33)40-38-34(39)26-16-28-36(38)42(31-21-11-5-12-22-31)32-23-13-6-14-24-32;2-1-3;;/h3-28,33,37H,1-2H3;1H;1H;/q;-1;;+2/p+1. The first-order chi connectivity index (χ1) is 23.0. The SMILES string of the molecule is CC1(C)c2cccc([PH+](c3ccccc3)c3ccccc3)c2OC2C([PH+](c3ccccc3)c3ccccc3)=CC=CC21.F[CH-]F.[Pd+][I]. The molecule has 0 radical (unpaired) electrons. The van der Waals surface area contributed by atoms with Crippen LogP contribution in [0.2, 0.25) is 0 Å². The summed E-state index contributed by atoms with van der Waals surface area (Å²) in [5.41, 5.74) is 1.22. The first-order valence-corrected chi connectivity index (χ1v) is 23.0. The molecule has 1 aliphatic carbocycles. The Morgan fingerprint density at radius 2 is 1.06 bits per heavy atom. The Labute approximate surface area is 301 Å². The Kier molecular flexibility index (Phi) is 13.1. The second kappa shape index (κ2) is 17.2. The molecule has 0 amide bonds. The predicted octanol–water partition coefficient (Wildman–Crippen LogP) is 9.08. The molecule has 5 aromatic rings. The van der Waals surface area contributed by atoms with Gasteiger partial charge in [-0.05, 0) is 67.6 Å². The fourth-order valence-corrected chi connectivity index (χ4v) is 12.2. The first kappa shape index (κ1) is 35.8. The maximum atomic E-state index is 9.50. The van der Waals surface area contributed by atoms with Gasteiger partial charge in [0.1, 0.15) is 39.8 Å². The Bertz CT molecular complexity index is 1690. The minimum absolute atomic E-state index is 0.0252. The third-order valence-corrected chi connectivity index (χ3v) is 14.4. The van der Waals surface area contributed by atoms with Crippen molar-refractivity contribution in [1.82, 2.24) is 0 Å². The third-order valence-electron chi connectivity index (χ3n) is 8.82. The van der Waals surface area contributed by atoms with Crippen molar-refractivity contribution in [1.29, 1.82) is 0 Å². The number of benzene rings is 5. The van der Waals surface area contributed by atoms with Crippen molar-refractivity contribution in [2.45, 2.75) is 25.4 Å². The van der Waals surface area contributed by atoms with Gasteiger partial charge in [0.2, 0.25) is 0 Å². The van der Waals surface area contributed by atoms with Crippen LogP contribution in [0.1, 0.15) is 19.4 Å². The summed E-state index contributed by atoms with van der Waals surface area (Å²) < 4.78 is 26.4. The molecule has 2 unspecified atom stereocenters.